The number of hydrogen-bond donors (Lipinski definition) is 0. The average Bonchev–Trinajstić information content (AvgIpc) is 3.19. The van der Waals surface area contributed by atoms with Crippen LogP contribution in [-0.2, 0) is 27.9 Å². The first-order valence-electron chi connectivity index (χ1n) is 23.3. The summed E-state index contributed by atoms with van der Waals surface area (Å²) in [4.78, 5) is 25.1. The van der Waals surface area contributed by atoms with E-state index in [1.54, 1.807) is 0 Å². The molecule has 0 aromatic carbocycles. The zero-order chi connectivity index (χ0) is 43.4. The van der Waals surface area contributed by atoms with Crippen molar-refractivity contribution in [2.45, 2.75) is 174 Å². The maximum Gasteiger partial charge on any atom is 0.306 e. The third-order valence-electron chi connectivity index (χ3n) is 9.43. The molecule has 0 saturated heterocycles. The van der Waals surface area contributed by atoms with Gasteiger partial charge in [0.15, 0.2) is 0 Å². The molecule has 0 aliphatic carbocycles. The molecule has 0 radical (unpaired) electrons. The minimum Gasteiger partial charge on any atom is -0.756 e. The number of allylic oxidation sites excluding steroid dienone is 14. The van der Waals surface area contributed by atoms with Gasteiger partial charge in [-0.3, -0.25) is 9.36 Å². The molecule has 0 aromatic heterocycles. The van der Waals surface area contributed by atoms with Gasteiger partial charge in [0.05, 0.1) is 34.4 Å². The van der Waals surface area contributed by atoms with Crippen molar-refractivity contribution in [3.05, 3.63) is 85.1 Å². The number of hydrogen-bond acceptors (Lipinski definition) is 7. The number of esters is 1. The molecular weight excluding hydrogens is 758 g/mol. The molecule has 0 fully saturated rings. The lowest BCUT2D eigenvalue weighted by molar-refractivity contribution is -0.870. The number of carbonyl (C=O) groups excluding carboxylic acids is 1. The molecule has 0 spiro atoms. The van der Waals surface area contributed by atoms with Gasteiger partial charge >= 0.3 is 5.97 Å². The lowest BCUT2D eigenvalue weighted by Gasteiger charge is -2.28. The van der Waals surface area contributed by atoms with Gasteiger partial charge in [-0.1, -0.05) is 157 Å². The number of ether oxygens (including phenoxy) is 2. The Morgan fingerprint density at radius 1 is 0.542 bits per heavy atom. The van der Waals surface area contributed by atoms with Crippen LogP contribution in [0.4, 0.5) is 0 Å². The monoisotopic (exact) mass is 846 g/mol. The normalized spacial score (nSPS) is 14.5. The fraction of sp³-hybridized carbons (Fsp3) is 0.700. The molecule has 0 rings (SSSR count). The Morgan fingerprint density at radius 3 is 1.49 bits per heavy atom. The first-order chi connectivity index (χ1) is 28.6. The Labute approximate surface area is 363 Å². The van der Waals surface area contributed by atoms with Crippen molar-refractivity contribution in [3.63, 3.8) is 0 Å². The van der Waals surface area contributed by atoms with Crippen molar-refractivity contribution in [2.75, 3.05) is 54.1 Å². The molecular formula is C50H88NO7P. The lowest BCUT2D eigenvalue weighted by Crippen LogP contribution is -2.37. The molecule has 0 amide bonds. The second-order valence-electron chi connectivity index (χ2n) is 16.4. The molecule has 0 saturated carbocycles. The van der Waals surface area contributed by atoms with Gasteiger partial charge < -0.3 is 27.9 Å². The largest absolute Gasteiger partial charge is 0.756 e. The smallest absolute Gasteiger partial charge is 0.306 e. The van der Waals surface area contributed by atoms with Crippen LogP contribution in [0.5, 0.6) is 0 Å². The molecule has 0 aliphatic rings. The number of phosphoric acid groups is 1. The van der Waals surface area contributed by atoms with Crippen LogP contribution in [0.3, 0.4) is 0 Å². The van der Waals surface area contributed by atoms with Gasteiger partial charge in [0.25, 0.3) is 7.82 Å². The fourth-order valence-corrected chi connectivity index (χ4v) is 6.57. The number of quaternary nitrogens is 1. The SMILES string of the molecule is CC/C=C\C/C=C\C/C=C\C/C=C\C/C=C\C/C=C\CCCCCCCOCC(COP(=O)([O-])OCC[N+](C)(C)C)OC(=O)CCCCCCC/C=C\CCCCCC. The molecule has 0 heterocycles. The molecule has 0 aliphatic heterocycles. The van der Waals surface area contributed by atoms with Crippen LogP contribution in [-0.4, -0.2) is 70.7 Å². The van der Waals surface area contributed by atoms with Crippen LogP contribution >= 0.6 is 7.82 Å². The number of rotatable bonds is 42. The Morgan fingerprint density at radius 2 is 0.983 bits per heavy atom. The minimum atomic E-state index is -4.54. The Kier molecular flexibility index (Phi) is 40.7. The van der Waals surface area contributed by atoms with Crippen molar-refractivity contribution in [3.8, 4) is 0 Å². The topological polar surface area (TPSA) is 94.1 Å². The number of phosphoric ester groups is 1. The zero-order valence-electron chi connectivity index (χ0n) is 38.4. The highest BCUT2D eigenvalue weighted by Gasteiger charge is 2.20. The summed E-state index contributed by atoms with van der Waals surface area (Å²) in [6, 6.07) is 0. The van der Waals surface area contributed by atoms with Crippen molar-refractivity contribution < 1.29 is 37.3 Å². The fourth-order valence-electron chi connectivity index (χ4n) is 5.84. The third-order valence-corrected chi connectivity index (χ3v) is 10.4. The first kappa shape index (κ1) is 56.7. The lowest BCUT2D eigenvalue weighted by atomic mass is 10.1. The number of nitrogens with zero attached hydrogens (tertiary/aromatic N) is 1. The molecule has 0 aromatic rings. The van der Waals surface area contributed by atoms with Gasteiger partial charge in [-0.25, -0.2) is 0 Å². The van der Waals surface area contributed by atoms with Gasteiger partial charge in [0.1, 0.15) is 19.3 Å². The van der Waals surface area contributed by atoms with E-state index in [9.17, 15) is 14.3 Å². The molecule has 9 heteroatoms. The molecule has 59 heavy (non-hydrogen) atoms. The van der Waals surface area contributed by atoms with Crippen molar-refractivity contribution in [1.29, 1.82) is 0 Å². The standard InChI is InChI=1S/C50H88NO7P/c1-6-8-10-12-14-16-18-20-21-22-23-24-25-26-27-28-29-30-32-34-36-38-40-42-45-55-47-49(48-57-59(53,54)56-46-44-51(3,4)5)58-50(52)43-41-39-37-35-33-31-19-17-15-13-11-9-7-2/h8,10,14,16-17,19-21,23-24,26-27,29-30,49H,6-7,9,11-13,15,18,22,25,28,31-48H2,1-5H3/b10-8-,16-14-,19-17-,21-20-,24-23-,27-26-,30-29-. The van der Waals surface area contributed by atoms with Gasteiger partial charge in [-0.2, -0.15) is 0 Å². The Hall–Kier alpha value is -2.32. The van der Waals surface area contributed by atoms with E-state index in [0.29, 0.717) is 24.1 Å². The molecule has 2 unspecified atom stereocenters. The number of carbonyl (C=O) groups is 1. The molecule has 8 nitrogen and oxygen atoms in total. The zero-order valence-corrected chi connectivity index (χ0v) is 39.3. The summed E-state index contributed by atoms with van der Waals surface area (Å²) in [6.07, 6.45) is 56.0. The van der Waals surface area contributed by atoms with Crippen LogP contribution in [0.2, 0.25) is 0 Å². The highest BCUT2D eigenvalue weighted by atomic mass is 31.2. The van der Waals surface area contributed by atoms with E-state index in [4.69, 9.17) is 18.5 Å². The summed E-state index contributed by atoms with van der Waals surface area (Å²) in [7, 11) is 1.32. The highest BCUT2D eigenvalue weighted by molar-refractivity contribution is 7.45. The van der Waals surface area contributed by atoms with Gasteiger partial charge in [-0.15, -0.1) is 0 Å². The molecule has 0 N–H and O–H groups in total. The van der Waals surface area contributed by atoms with Crippen LogP contribution in [0.1, 0.15) is 168 Å². The van der Waals surface area contributed by atoms with Gasteiger partial charge in [0, 0.05) is 13.0 Å². The molecule has 2 atom stereocenters. The first-order valence-corrected chi connectivity index (χ1v) is 24.8. The van der Waals surface area contributed by atoms with E-state index in [1.165, 1.54) is 51.4 Å². The number of unbranched alkanes of at least 4 members (excludes halogenated alkanes) is 14. The maximum atomic E-state index is 12.7. The van der Waals surface area contributed by atoms with Crippen LogP contribution < -0.4 is 4.89 Å². The second kappa shape index (κ2) is 42.4. The van der Waals surface area contributed by atoms with E-state index in [1.807, 2.05) is 21.1 Å². The summed E-state index contributed by atoms with van der Waals surface area (Å²) in [6.45, 7) is 5.20. The van der Waals surface area contributed by atoms with E-state index in [-0.39, 0.29) is 25.8 Å². The van der Waals surface area contributed by atoms with Crippen LogP contribution in [0, 0.1) is 0 Å². The predicted octanol–water partition coefficient (Wildman–Crippen LogP) is 13.4. The summed E-state index contributed by atoms with van der Waals surface area (Å²) >= 11 is 0. The van der Waals surface area contributed by atoms with Crippen molar-refractivity contribution >= 4 is 13.8 Å². The van der Waals surface area contributed by atoms with Crippen molar-refractivity contribution in [2.24, 2.45) is 0 Å². The minimum absolute atomic E-state index is 0.0158. The second-order valence-corrected chi connectivity index (χ2v) is 17.8. The predicted molar refractivity (Wildman–Crippen MR) is 249 cm³/mol. The summed E-state index contributed by atoms with van der Waals surface area (Å²) < 4.78 is 34.6. The van der Waals surface area contributed by atoms with E-state index in [2.05, 4.69) is 98.9 Å². The van der Waals surface area contributed by atoms with Crippen LogP contribution in [0.25, 0.3) is 0 Å². The van der Waals surface area contributed by atoms with E-state index < -0.39 is 13.9 Å². The Balaban J connectivity index is 4.24. The molecule has 340 valence electrons. The summed E-state index contributed by atoms with van der Waals surface area (Å²) in [5.41, 5.74) is 0. The maximum absolute atomic E-state index is 12.7. The quantitative estimate of drug-likeness (QED) is 0.0199. The van der Waals surface area contributed by atoms with E-state index >= 15 is 0 Å². The number of likely N-dealkylation sites (N-methyl/N-ethyl adjacent to an activating group) is 1. The van der Waals surface area contributed by atoms with Gasteiger partial charge in [0.2, 0.25) is 0 Å². The van der Waals surface area contributed by atoms with Gasteiger partial charge in [-0.05, 0) is 89.9 Å². The summed E-state index contributed by atoms with van der Waals surface area (Å²) in [5, 5.41) is 0. The van der Waals surface area contributed by atoms with Crippen molar-refractivity contribution in [1.82, 2.24) is 0 Å². The molecule has 0 bridgehead atoms. The average molecular weight is 846 g/mol. The highest BCUT2D eigenvalue weighted by Crippen LogP contribution is 2.38. The third kappa shape index (κ3) is 46.6. The Bertz CT molecular complexity index is 1210. The summed E-state index contributed by atoms with van der Waals surface area (Å²) in [5.74, 6) is -0.355. The van der Waals surface area contributed by atoms with E-state index in [0.717, 1.165) is 96.3 Å². The van der Waals surface area contributed by atoms with Crippen LogP contribution in [0.15, 0.2) is 85.1 Å².